The van der Waals surface area contributed by atoms with Crippen LogP contribution in [0.25, 0.3) is 0 Å². The molecule has 27 heavy (non-hydrogen) atoms. The molecule has 0 bridgehead atoms. The van der Waals surface area contributed by atoms with Gasteiger partial charge in [-0.2, -0.15) is 0 Å². The van der Waals surface area contributed by atoms with Crippen LogP contribution in [-0.4, -0.2) is 66.4 Å². The van der Waals surface area contributed by atoms with Crippen LogP contribution < -0.4 is 15.0 Å². The minimum absolute atomic E-state index is 0.262. The van der Waals surface area contributed by atoms with E-state index in [-0.39, 0.29) is 17.8 Å². The van der Waals surface area contributed by atoms with Crippen molar-refractivity contribution >= 4 is 11.8 Å². The predicted molar refractivity (Wildman–Crippen MR) is 103 cm³/mol. The molecule has 3 fully saturated rings. The number of carbonyl (C=O) groups is 1. The van der Waals surface area contributed by atoms with Crippen LogP contribution in [-0.2, 0) is 4.74 Å². The van der Waals surface area contributed by atoms with Crippen LogP contribution in [0.3, 0.4) is 0 Å². The van der Waals surface area contributed by atoms with Gasteiger partial charge in [-0.05, 0) is 32.8 Å². The number of aromatic nitrogens is 1. The van der Waals surface area contributed by atoms with Crippen molar-refractivity contribution in [1.82, 2.24) is 15.2 Å². The number of anilines is 1. The first-order valence-electron chi connectivity index (χ1n) is 10.1. The molecule has 0 aromatic carbocycles. The molecule has 0 aliphatic carbocycles. The summed E-state index contributed by atoms with van der Waals surface area (Å²) in [4.78, 5) is 20.7. The van der Waals surface area contributed by atoms with Crippen molar-refractivity contribution in [3.8, 4) is 5.88 Å². The fourth-order valence-electron chi connectivity index (χ4n) is 4.26. The number of piperidine rings is 2. The van der Waals surface area contributed by atoms with Gasteiger partial charge in [0.1, 0.15) is 11.7 Å². The number of carbonyl (C=O) groups excluding carboxylic acids is 1. The van der Waals surface area contributed by atoms with Gasteiger partial charge in [-0.3, -0.25) is 0 Å². The van der Waals surface area contributed by atoms with Crippen molar-refractivity contribution in [3.05, 3.63) is 18.3 Å². The lowest BCUT2D eigenvalue weighted by atomic mass is 9.91. The molecule has 1 spiro atoms. The maximum absolute atomic E-state index is 11.3. The molecule has 1 aromatic heterocycles. The molecular weight excluding hydrogens is 344 g/mol. The van der Waals surface area contributed by atoms with Crippen LogP contribution >= 0.6 is 0 Å². The maximum atomic E-state index is 11.3. The van der Waals surface area contributed by atoms with Crippen molar-refractivity contribution in [1.29, 1.82) is 0 Å². The molecule has 1 aromatic rings. The van der Waals surface area contributed by atoms with E-state index >= 15 is 0 Å². The zero-order valence-corrected chi connectivity index (χ0v) is 16.3. The summed E-state index contributed by atoms with van der Waals surface area (Å²) in [7, 11) is 0. The van der Waals surface area contributed by atoms with E-state index in [1.807, 2.05) is 12.3 Å². The zero-order valence-electron chi connectivity index (χ0n) is 16.3. The van der Waals surface area contributed by atoms with Gasteiger partial charge >= 0.3 is 6.09 Å². The number of rotatable bonds is 4. The van der Waals surface area contributed by atoms with Crippen LogP contribution in [0.4, 0.5) is 10.5 Å². The van der Waals surface area contributed by atoms with Crippen LogP contribution in [0.5, 0.6) is 5.88 Å². The van der Waals surface area contributed by atoms with Crippen molar-refractivity contribution in [3.63, 3.8) is 0 Å². The second kappa shape index (κ2) is 7.54. The summed E-state index contributed by atoms with van der Waals surface area (Å²) in [5.74, 6) is 0.712. The lowest BCUT2D eigenvalue weighted by Gasteiger charge is -2.38. The summed E-state index contributed by atoms with van der Waals surface area (Å²) in [5.41, 5.74) is 0.790. The SMILES string of the molecule is CC(C)N1CCC(Oc2ccc(N3CCC4(CC3)CNC(=O)O4)cn2)CC1. The first kappa shape index (κ1) is 18.3. The average molecular weight is 374 g/mol. The highest BCUT2D eigenvalue weighted by molar-refractivity contribution is 5.70. The molecule has 0 unspecified atom stereocenters. The van der Waals surface area contributed by atoms with E-state index in [2.05, 4.69) is 40.0 Å². The smallest absolute Gasteiger partial charge is 0.407 e. The molecule has 3 aliphatic rings. The van der Waals surface area contributed by atoms with Gasteiger partial charge in [0.25, 0.3) is 0 Å². The summed E-state index contributed by atoms with van der Waals surface area (Å²) in [6, 6.07) is 4.67. The zero-order chi connectivity index (χ0) is 18.9. The molecule has 4 heterocycles. The number of alkyl carbamates (subject to hydrolysis) is 1. The second-order valence-electron chi connectivity index (χ2n) is 8.21. The summed E-state index contributed by atoms with van der Waals surface area (Å²) in [6.07, 6.45) is 5.68. The summed E-state index contributed by atoms with van der Waals surface area (Å²) in [6.45, 7) is 9.04. The predicted octanol–water partition coefficient (Wildman–Crippen LogP) is 2.41. The number of nitrogens with one attached hydrogen (secondary N) is 1. The van der Waals surface area contributed by atoms with E-state index < -0.39 is 0 Å². The van der Waals surface area contributed by atoms with Gasteiger partial charge in [-0.25, -0.2) is 9.78 Å². The van der Waals surface area contributed by atoms with E-state index in [1.54, 1.807) is 0 Å². The first-order valence-corrected chi connectivity index (χ1v) is 10.1. The summed E-state index contributed by atoms with van der Waals surface area (Å²) in [5, 5.41) is 2.78. The maximum Gasteiger partial charge on any atom is 0.407 e. The average Bonchev–Trinajstić information content (AvgIpc) is 3.04. The number of amides is 1. The first-order chi connectivity index (χ1) is 13.0. The molecule has 7 nitrogen and oxygen atoms in total. The lowest BCUT2D eigenvalue weighted by molar-refractivity contribution is 0.0366. The molecule has 0 radical (unpaired) electrons. The Hall–Kier alpha value is -2.02. The third-order valence-corrected chi connectivity index (χ3v) is 6.12. The van der Waals surface area contributed by atoms with Crippen LogP contribution in [0.1, 0.15) is 39.5 Å². The van der Waals surface area contributed by atoms with Gasteiger partial charge in [-0.15, -0.1) is 0 Å². The Morgan fingerprint density at radius 2 is 1.96 bits per heavy atom. The molecule has 7 heteroatoms. The van der Waals surface area contributed by atoms with E-state index in [1.165, 1.54) is 0 Å². The summed E-state index contributed by atoms with van der Waals surface area (Å²) >= 11 is 0. The largest absolute Gasteiger partial charge is 0.474 e. The Morgan fingerprint density at radius 1 is 1.22 bits per heavy atom. The second-order valence-corrected chi connectivity index (χ2v) is 8.21. The Balaban J connectivity index is 1.28. The van der Waals surface area contributed by atoms with Crippen LogP contribution in [0, 0.1) is 0 Å². The van der Waals surface area contributed by atoms with Gasteiger partial charge in [0.2, 0.25) is 5.88 Å². The highest BCUT2D eigenvalue weighted by Crippen LogP contribution is 2.31. The number of pyridine rings is 1. The fraction of sp³-hybridized carbons (Fsp3) is 0.700. The number of hydrogen-bond acceptors (Lipinski definition) is 6. The topological polar surface area (TPSA) is 66.9 Å². The van der Waals surface area contributed by atoms with E-state index in [4.69, 9.17) is 9.47 Å². The number of hydrogen-bond donors (Lipinski definition) is 1. The molecule has 148 valence electrons. The molecule has 3 aliphatic heterocycles. The summed E-state index contributed by atoms with van der Waals surface area (Å²) < 4.78 is 11.6. The number of likely N-dealkylation sites (tertiary alicyclic amines) is 1. The molecule has 0 atom stereocenters. The molecule has 1 amide bonds. The Morgan fingerprint density at radius 3 is 2.52 bits per heavy atom. The van der Waals surface area contributed by atoms with E-state index in [0.717, 1.165) is 57.5 Å². The third-order valence-electron chi connectivity index (χ3n) is 6.12. The van der Waals surface area contributed by atoms with Gasteiger partial charge < -0.3 is 24.6 Å². The van der Waals surface area contributed by atoms with Gasteiger partial charge in [0.15, 0.2) is 0 Å². The Labute approximate surface area is 161 Å². The van der Waals surface area contributed by atoms with Crippen molar-refractivity contribution in [2.75, 3.05) is 37.6 Å². The highest BCUT2D eigenvalue weighted by atomic mass is 16.6. The standard InChI is InChI=1S/C20H30N4O3/c1-15(2)23-9-5-17(6-10-23)26-18-4-3-16(13-21-18)24-11-7-20(8-12-24)14-22-19(25)27-20/h3-4,13,15,17H,5-12,14H2,1-2H3,(H,22,25). The molecule has 1 N–H and O–H groups in total. The van der Waals surface area contributed by atoms with Gasteiger partial charge in [0, 0.05) is 51.1 Å². The van der Waals surface area contributed by atoms with Crippen LogP contribution in [0.2, 0.25) is 0 Å². The fourth-order valence-corrected chi connectivity index (χ4v) is 4.26. The van der Waals surface area contributed by atoms with Gasteiger partial charge in [0.05, 0.1) is 18.4 Å². The van der Waals surface area contributed by atoms with Crippen molar-refractivity contribution in [2.24, 2.45) is 0 Å². The molecule has 4 rings (SSSR count). The molecule has 3 saturated heterocycles. The minimum atomic E-state index is -0.311. The van der Waals surface area contributed by atoms with Gasteiger partial charge in [-0.1, -0.05) is 0 Å². The Bertz CT molecular complexity index is 648. The van der Waals surface area contributed by atoms with E-state index in [0.29, 0.717) is 18.5 Å². The highest BCUT2D eigenvalue weighted by Gasteiger charge is 2.42. The molecule has 0 saturated carbocycles. The normalized spacial score (nSPS) is 23.5. The Kier molecular flexibility index (Phi) is 5.12. The lowest BCUT2D eigenvalue weighted by Crippen LogP contribution is -2.46. The third kappa shape index (κ3) is 4.13. The molecular formula is C20H30N4O3. The number of ether oxygens (including phenoxy) is 2. The number of nitrogens with zero attached hydrogens (tertiary/aromatic N) is 3. The van der Waals surface area contributed by atoms with Crippen molar-refractivity contribution in [2.45, 2.75) is 57.3 Å². The van der Waals surface area contributed by atoms with Crippen molar-refractivity contribution < 1.29 is 14.3 Å². The quantitative estimate of drug-likeness (QED) is 0.873. The van der Waals surface area contributed by atoms with Crippen LogP contribution in [0.15, 0.2) is 18.3 Å². The van der Waals surface area contributed by atoms with E-state index in [9.17, 15) is 4.79 Å². The minimum Gasteiger partial charge on any atom is -0.474 e. The monoisotopic (exact) mass is 374 g/mol.